The molecule has 1 aliphatic rings. The van der Waals surface area contributed by atoms with Crippen LogP contribution in [0.2, 0.25) is 0 Å². The molecule has 2 N–H and O–H groups in total. The maximum atomic E-state index is 13.4. The molecule has 4 rings (SSSR count). The number of likely N-dealkylation sites (tertiary alicyclic amines) is 1. The number of carbonyl (C=O) groups excluding carboxylic acids is 1. The van der Waals surface area contributed by atoms with E-state index < -0.39 is 12.0 Å². The average molecular weight is 725 g/mol. The minimum absolute atomic E-state index is 0.309. The van der Waals surface area contributed by atoms with Crippen LogP contribution in [0, 0.1) is 6.92 Å². The van der Waals surface area contributed by atoms with Crippen molar-refractivity contribution < 1.29 is 19.4 Å². The number of allylic oxidation sites excluding steroid dienone is 2. The van der Waals surface area contributed by atoms with Crippen LogP contribution in [0.4, 0.5) is 0 Å². The fraction of sp³-hybridized carbons (Fsp3) is 0.450. The number of nitrogens with one attached hydrogen (secondary N) is 1. The first-order valence-electron chi connectivity index (χ1n) is 17.1. The lowest BCUT2D eigenvalue weighted by Crippen LogP contribution is -2.41. The molecule has 0 aliphatic carbocycles. The maximum absolute atomic E-state index is 13.4. The summed E-state index contributed by atoms with van der Waals surface area (Å²) >= 11 is 5.37. The van der Waals surface area contributed by atoms with Crippen molar-refractivity contribution in [3.8, 4) is 11.1 Å². The lowest BCUT2D eigenvalue weighted by Gasteiger charge is -2.24. The number of aryl methyl sites for hydroxylation is 1. The maximum Gasteiger partial charge on any atom is 0.326 e. The molecule has 1 amide bonds. The van der Waals surface area contributed by atoms with Gasteiger partial charge in [-0.15, -0.1) is 23.5 Å². The van der Waals surface area contributed by atoms with E-state index in [1.807, 2.05) is 93.0 Å². The Labute approximate surface area is 308 Å². The van der Waals surface area contributed by atoms with Crippen LogP contribution in [0.3, 0.4) is 0 Å². The highest BCUT2D eigenvalue weighted by atomic mass is 32.2. The van der Waals surface area contributed by atoms with E-state index in [1.165, 1.54) is 15.6 Å². The van der Waals surface area contributed by atoms with Crippen LogP contribution in [0.5, 0.6) is 0 Å². The van der Waals surface area contributed by atoms with Gasteiger partial charge >= 0.3 is 5.97 Å². The second kappa shape index (κ2) is 23.7. The third-order valence-electron chi connectivity index (χ3n) is 8.04. The van der Waals surface area contributed by atoms with E-state index in [0.29, 0.717) is 35.6 Å². The number of thioether (sulfide) groups is 3. The number of hydrogen-bond donors (Lipinski definition) is 2. The molecule has 0 radical (unpaired) electrons. The minimum atomic E-state index is -1.02. The number of ether oxygens (including phenoxy) is 1. The molecule has 0 aromatic heterocycles. The highest BCUT2D eigenvalue weighted by Crippen LogP contribution is 2.35. The SMILES string of the molecule is C/C=C(\C)SCC.CC.COC[C@@H]1CC(Sc2ccccc2)CN1Cc1ccc(C(=O)NC(CCSC)C(=O)O)c(-c2ccccc2C)c1. The van der Waals surface area contributed by atoms with Crippen molar-refractivity contribution in [2.24, 2.45) is 0 Å². The van der Waals surface area contributed by atoms with Gasteiger partial charge in [-0.1, -0.05) is 75.4 Å². The van der Waals surface area contributed by atoms with Gasteiger partial charge in [-0.05, 0) is 103 Å². The number of amides is 1. The smallest absolute Gasteiger partial charge is 0.326 e. The number of carbonyl (C=O) groups is 2. The predicted octanol–water partition coefficient (Wildman–Crippen LogP) is 9.67. The first-order chi connectivity index (χ1) is 23.7. The van der Waals surface area contributed by atoms with Crippen LogP contribution in [0.1, 0.15) is 68.9 Å². The zero-order valence-corrected chi connectivity index (χ0v) is 33.0. The minimum Gasteiger partial charge on any atom is -0.480 e. The van der Waals surface area contributed by atoms with Gasteiger partial charge in [0.2, 0.25) is 0 Å². The number of benzene rings is 3. The van der Waals surface area contributed by atoms with Crippen molar-refractivity contribution in [3.63, 3.8) is 0 Å². The quantitative estimate of drug-likeness (QED) is 0.161. The number of carboxylic acid groups (broad SMARTS) is 1. The Morgan fingerprint density at radius 1 is 1.06 bits per heavy atom. The molecule has 0 saturated carbocycles. The van der Waals surface area contributed by atoms with Crippen LogP contribution in [0.15, 0.2) is 88.7 Å². The Morgan fingerprint density at radius 3 is 2.35 bits per heavy atom. The van der Waals surface area contributed by atoms with Crippen molar-refractivity contribution in [1.82, 2.24) is 10.2 Å². The first-order valence-corrected chi connectivity index (χ1v) is 20.4. The number of carboxylic acids is 1. The molecule has 268 valence electrons. The zero-order valence-electron chi connectivity index (χ0n) is 30.5. The summed E-state index contributed by atoms with van der Waals surface area (Å²) in [6, 6.07) is 23.8. The summed E-state index contributed by atoms with van der Waals surface area (Å²) in [5.74, 6) is 0.465. The molecule has 6 nitrogen and oxygen atoms in total. The first kappa shape index (κ1) is 42.5. The summed E-state index contributed by atoms with van der Waals surface area (Å²) in [5.41, 5.74) is 4.44. The molecule has 1 saturated heterocycles. The number of aliphatic carboxylic acids is 1. The van der Waals surface area contributed by atoms with Gasteiger partial charge in [0.1, 0.15) is 6.04 Å². The normalized spacial score (nSPS) is 16.5. The summed E-state index contributed by atoms with van der Waals surface area (Å²) in [4.78, 5) is 30.4. The lowest BCUT2D eigenvalue weighted by atomic mass is 9.93. The summed E-state index contributed by atoms with van der Waals surface area (Å²) in [6.45, 7) is 14.8. The van der Waals surface area contributed by atoms with E-state index in [9.17, 15) is 14.7 Å². The molecular weight excluding hydrogens is 669 g/mol. The second-order valence-electron chi connectivity index (χ2n) is 11.5. The Kier molecular flexibility index (Phi) is 20.5. The number of hydrogen-bond acceptors (Lipinski definition) is 7. The molecule has 1 heterocycles. The summed E-state index contributed by atoms with van der Waals surface area (Å²) < 4.78 is 5.58. The van der Waals surface area contributed by atoms with Crippen molar-refractivity contribution in [1.29, 1.82) is 0 Å². The zero-order chi connectivity index (χ0) is 36.2. The van der Waals surface area contributed by atoms with Gasteiger partial charge in [-0.25, -0.2) is 4.79 Å². The third-order valence-corrected chi connectivity index (χ3v) is 10.9. The highest BCUT2D eigenvalue weighted by molar-refractivity contribution is 8.03. The van der Waals surface area contributed by atoms with E-state index >= 15 is 0 Å². The monoisotopic (exact) mass is 724 g/mol. The molecule has 2 unspecified atom stereocenters. The second-order valence-corrected chi connectivity index (χ2v) is 15.4. The van der Waals surface area contributed by atoms with Gasteiger partial charge in [0.15, 0.2) is 0 Å². The van der Waals surface area contributed by atoms with Crippen LogP contribution >= 0.6 is 35.3 Å². The average Bonchev–Trinajstić information content (AvgIpc) is 3.48. The Hall–Kier alpha value is -2.69. The van der Waals surface area contributed by atoms with E-state index in [-0.39, 0.29) is 5.91 Å². The van der Waals surface area contributed by atoms with Crippen molar-refractivity contribution in [2.75, 3.05) is 38.0 Å². The van der Waals surface area contributed by atoms with E-state index in [1.54, 1.807) is 18.9 Å². The Morgan fingerprint density at radius 2 is 1.76 bits per heavy atom. The number of methoxy groups -OCH3 is 1. The molecule has 3 aromatic rings. The van der Waals surface area contributed by atoms with Crippen molar-refractivity contribution >= 4 is 47.2 Å². The van der Waals surface area contributed by atoms with Gasteiger partial charge in [-0.3, -0.25) is 9.69 Å². The molecule has 1 fully saturated rings. The van der Waals surface area contributed by atoms with Crippen LogP contribution in [0.25, 0.3) is 11.1 Å². The Bertz CT molecular complexity index is 1450. The van der Waals surface area contributed by atoms with Crippen molar-refractivity contribution in [2.45, 2.75) is 83.2 Å². The fourth-order valence-corrected chi connectivity index (χ4v) is 7.91. The molecule has 1 aliphatic heterocycles. The van der Waals surface area contributed by atoms with Crippen LogP contribution in [-0.4, -0.2) is 77.2 Å². The predicted molar refractivity (Wildman–Crippen MR) is 214 cm³/mol. The van der Waals surface area contributed by atoms with Gasteiger partial charge < -0.3 is 15.2 Å². The molecule has 3 atom stereocenters. The van der Waals surface area contributed by atoms with Gasteiger partial charge in [0, 0.05) is 42.0 Å². The summed E-state index contributed by atoms with van der Waals surface area (Å²) in [5, 5.41) is 12.9. The fourth-order valence-electron chi connectivity index (χ4n) is 5.53. The largest absolute Gasteiger partial charge is 0.480 e. The third kappa shape index (κ3) is 14.2. The van der Waals surface area contributed by atoms with Gasteiger partial charge in [0.25, 0.3) is 5.91 Å². The standard InChI is InChI=1S/C32H38N2O4S2.C6H12S.C2H6/c1-22-9-7-8-12-27(22)29-17-23(13-14-28(29)31(35)33-30(32(36)37)15-16-39-3)19-34-20-26(18-24(34)21-38-2)40-25-10-5-4-6-11-25;1-4-6(3)7-5-2;1-2/h4-14,17,24,26,30H,15-16,18-21H2,1-3H3,(H,33,35)(H,36,37);4H,5H2,1-3H3;1-2H3/b;6-4+;/t24-,26?,30?;;/m0../s1. The van der Waals surface area contributed by atoms with Crippen molar-refractivity contribution in [3.05, 3.63) is 100 Å². The number of rotatable bonds is 15. The van der Waals surface area contributed by atoms with Crippen LogP contribution < -0.4 is 5.32 Å². The van der Waals surface area contributed by atoms with E-state index in [0.717, 1.165) is 41.8 Å². The summed E-state index contributed by atoms with van der Waals surface area (Å²) in [6.07, 6.45) is 5.48. The molecule has 49 heavy (non-hydrogen) atoms. The molecule has 3 aromatic carbocycles. The van der Waals surface area contributed by atoms with Crippen LogP contribution in [-0.2, 0) is 16.1 Å². The highest BCUT2D eigenvalue weighted by Gasteiger charge is 2.33. The number of nitrogens with zero attached hydrogens (tertiary/aromatic N) is 1. The topological polar surface area (TPSA) is 78.9 Å². The molecule has 0 spiro atoms. The molecular formula is C40H56N2O4S3. The summed E-state index contributed by atoms with van der Waals surface area (Å²) in [7, 11) is 1.75. The lowest BCUT2D eigenvalue weighted by molar-refractivity contribution is -0.139. The Balaban J connectivity index is 0.000000824. The molecule has 9 heteroatoms. The molecule has 0 bridgehead atoms. The van der Waals surface area contributed by atoms with Gasteiger partial charge in [-0.2, -0.15) is 11.8 Å². The van der Waals surface area contributed by atoms with Gasteiger partial charge in [0.05, 0.1) is 6.61 Å². The van der Waals surface area contributed by atoms with E-state index in [2.05, 4.69) is 67.4 Å². The van der Waals surface area contributed by atoms with E-state index in [4.69, 9.17) is 4.74 Å².